The minimum Gasteiger partial charge on any atom is -0.453 e. The highest BCUT2D eigenvalue weighted by molar-refractivity contribution is 5.87. The molecule has 3 saturated heterocycles. The number of hydrogen-bond acceptors (Lipinski definition) is 8. The van der Waals surface area contributed by atoms with E-state index in [1.165, 1.54) is 7.11 Å². The van der Waals surface area contributed by atoms with E-state index in [-0.39, 0.29) is 42.1 Å². The average Bonchev–Trinajstić information content (AvgIpc) is 3.77. The van der Waals surface area contributed by atoms with Crippen molar-refractivity contribution in [1.82, 2.24) is 35.1 Å². The molecule has 0 bridgehead atoms. The van der Waals surface area contributed by atoms with Gasteiger partial charge in [0, 0.05) is 25.3 Å². The fraction of sp³-hybridized carbons (Fsp3) is 0.500. The minimum atomic E-state index is -0.662. The molecule has 13 heteroatoms. The zero-order valence-electron chi connectivity index (χ0n) is 31.8. The number of nitrogens with zero attached hydrogens (tertiary/aromatic N) is 4. The topological polar surface area (TPSA) is 155 Å². The second-order valence-corrected chi connectivity index (χ2v) is 16.8. The summed E-state index contributed by atoms with van der Waals surface area (Å²) < 4.78 is 16.2. The van der Waals surface area contributed by atoms with Gasteiger partial charge in [0.25, 0.3) is 0 Å². The first-order chi connectivity index (χ1) is 26.5. The number of methoxy groups -OCH3 is 1. The van der Waals surface area contributed by atoms with Gasteiger partial charge >= 0.3 is 12.2 Å². The zero-order chi connectivity index (χ0) is 38.0. The summed E-state index contributed by atoms with van der Waals surface area (Å²) in [5.74, 6) is 2.46. The number of H-pyrrole nitrogens is 2. The SMILES string of the molecule is COC(=O)N[C@H](C(=O)N1[C@@H]2C[C@@H]2C[C@H]1c1ncc(-c2ccc(-c3ccc(-c4cnc([C@@H]5C[C@H]6C[C@H]6N5C(=O)OC(C)(C)C)[nH]4)cc3)cc2)[nH]1)C1CCOCC1. The van der Waals surface area contributed by atoms with E-state index in [0.717, 1.165) is 71.0 Å². The number of nitrogens with one attached hydrogen (secondary N) is 3. The molecule has 288 valence electrons. The van der Waals surface area contributed by atoms with Crippen molar-refractivity contribution < 1.29 is 28.6 Å². The number of carbonyl (C=O) groups excluding carboxylic acids is 3. The van der Waals surface area contributed by atoms with Crippen LogP contribution in [0.25, 0.3) is 33.6 Å². The lowest BCUT2D eigenvalue weighted by atomic mass is 9.90. The quantitative estimate of drug-likeness (QED) is 0.174. The van der Waals surface area contributed by atoms with E-state index >= 15 is 0 Å². The molecule has 3 aliphatic heterocycles. The number of rotatable bonds is 8. The third kappa shape index (κ3) is 6.98. The molecule has 2 saturated carbocycles. The van der Waals surface area contributed by atoms with Gasteiger partial charge in [0.05, 0.1) is 43.0 Å². The first kappa shape index (κ1) is 35.5. The first-order valence-electron chi connectivity index (χ1n) is 19.6. The number of aromatic amines is 2. The van der Waals surface area contributed by atoms with Crippen molar-refractivity contribution in [3.8, 4) is 33.6 Å². The van der Waals surface area contributed by atoms with Gasteiger partial charge in [0.2, 0.25) is 5.91 Å². The zero-order valence-corrected chi connectivity index (χ0v) is 31.8. The van der Waals surface area contributed by atoms with Crippen molar-refractivity contribution >= 4 is 18.1 Å². The van der Waals surface area contributed by atoms with Crippen molar-refractivity contribution in [1.29, 1.82) is 0 Å². The molecule has 5 fully saturated rings. The molecular formula is C42H49N7O6. The van der Waals surface area contributed by atoms with Crippen molar-refractivity contribution in [3.05, 3.63) is 72.6 Å². The summed E-state index contributed by atoms with van der Waals surface area (Å²) in [6.07, 6.45) is 8.02. The Kier molecular flexibility index (Phi) is 8.94. The Labute approximate surface area is 320 Å². The lowest BCUT2D eigenvalue weighted by molar-refractivity contribution is -0.138. The van der Waals surface area contributed by atoms with Crippen LogP contribution in [0.1, 0.15) is 83.0 Å². The van der Waals surface area contributed by atoms with Gasteiger partial charge in [0.15, 0.2) is 0 Å². The summed E-state index contributed by atoms with van der Waals surface area (Å²) in [5, 5.41) is 2.85. The third-order valence-electron chi connectivity index (χ3n) is 12.1. The van der Waals surface area contributed by atoms with Crippen LogP contribution in [0.3, 0.4) is 0 Å². The molecule has 55 heavy (non-hydrogen) atoms. The van der Waals surface area contributed by atoms with E-state index in [1.807, 2.05) is 43.0 Å². The predicted molar refractivity (Wildman–Crippen MR) is 203 cm³/mol. The summed E-state index contributed by atoms with van der Waals surface area (Å²) >= 11 is 0. The van der Waals surface area contributed by atoms with E-state index in [2.05, 4.69) is 63.8 Å². The normalized spacial score (nSPS) is 26.3. The number of piperidine rings is 2. The Morgan fingerprint density at radius 1 is 0.764 bits per heavy atom. The molecule has 2 aromatic heterocycles. The van der Waals surface area contributed by atoms with Crippen LogP contribution < -0.4 is 5.32 Å². The maximum atomic E-state index is 14.2. The minimum absolute atomic E-state index is 0.00950. The van der Waals surface area contributed by atoms with Gasteiger partial charge in [-0.1, -0.05) is 48.5 Å². The number of alkyl carbamates (subject to hydrolysis) is 1. The molecule has 7 atom stereocenters. The molecule has 5 aliphatic rings. The summed E-state index contributed by atoms with van der Waals surface area (Å²) in [7, 11) is 1.32. The highest BCUT2D eigenvalue weighted by atomic mass is 16.6. The van der Waals surface area contributed by atoms with Crippen molar-refractivity contribution in [3.63, 3.8) is 0 Å². The van der Waals surface area contributed by atoms with E-state index in [1.54, 1.807) is 0 Å². The molecule has 2 aromatic carbocycles. The molecule has 0 radical (unpaired) electrons. The summed E-state index contributed by atoms with van der Waals surface area (Å²) in [6.45, 7) is 6.84. The van der Waals surface area contributed by atoms with Gasteiger partial charge in [-0.3, -0.25) is 9.69 Å². The van der Waals surface area contributed by atoms with E-state index in [0.29, 0.717) is 37.9 Å². The van der Waals surface area contributed by atoms with E-state index in [9.17, 15) is 14.4 Å². The number of imidazole rings is 2. The maximum Gasteiger partial charge on any atom is 0.411 e. The lowest BCUT2D eigenvalue weighted by Crippen LogP contribution is -2.54. The molecule has 13 nitrogen and oxygen atoms in total. The van der Waals surface area contributed by atoms with Crippen LogP contribution in [0.5, 0.6) is 0 Å². The van der Waals surface area contributed by atoms with Crippen LogP contribution in [0.15, 0.2) is 60.9 Å². The van der Waals surface area contributed by atoms with Gasteiger partial charge in [-0.2, -0.15) is 0 Å². The summed E-state index contributed by atoms with van der Waals surface area (Å²) in [6, 6.07) is 16.2. The molecule has 3 amide bonds. The van der Waals surface area contributed by atoms with Gasteiger partial charge in [-0.25, -0.2) is 19.6 Å². The highest BCUT2D eigenvalue weighted by Gasteiger charge is 2.57. The molecule has 4 aromatic rings. The maximum absolute atomic E-state index is 14.2. The number of benzene rings is 2. The van der Waals surface area contributed by atoms with E-state index in [4.69, 9.17) is 24.2 Å². The molecule has 3 N–H and O–H groups in total. The largest absolute Gasteiger partial charge is 0.453 e. The standard InChI is InChI=1S/C42H49N7O6/c1-42(2,3)55-41(52)49-33-18-29(33)20-35(49)38-44-22-31(46-38)26-11-7-24(8-12-26)23-5-9-25(10-6-23)30-21-43-37(45-30)34-19-28-17-32(28)48(34)39(50)36(47-40(51)53-4)27-13-15-54-16-14-27/h5-12,21-22,27-29,32-36H,13-20H2,1-4H3,(H,43,45)(H,44,46)(H,47,51)/t28-,29-,32-,33-,34+,35+,36+/m1/s1. The summed E-state index contributed by atoms with van der Waals surface area (Å²) in [4.78, 5) is 59.9. The number of hydrogen-bond donors (Lipinski definition) is 3. The molecule has 0 unspecified atom stereocenters. The van der Waals surface area contributed by atoms with Gasteiger partial charge < -0.3 is 34.4 Å². The molecule has 0 spiro atoms. The predicted octanol–water partition coefficient (Wildman–Crippen LogP) is 7.02. The van der Waals surface area contributed by atoms with Crippen molar-refractivity contribution in [2.45, 2.75) is 95.1 Å². The van der Waals surface area contributed by atoms with Crippen molar-refractivity contribution in [2.24, 2.45) is 17.8 Å². The number of aromatic nitrogens is 4. The van der Waals surface area contributed by atoms with Crippen LogP contribution in [0.4, 0.5) is 9.59 Å². The van der Waals surface area contributed by atoms with Gasteiger partial charge in [0.1, 0.15) is 23.3 Å². The Bertz CT molecular complexity index is 2060. The third-order valence-corrected chi connectivity index (χ3v) is 12.1. The second kappa shape index (κ2) is 13.8. The smallest absolute Gasteiger partial charge is 0.411 e. The van der Waals surface area contributed by atoms with Crippen LogP contribution in [0, 0.1) is 17.8 Å². The second-order valence-electron chi connectivity index (χ2n) is 16.8. The molecular weight excluding hydrogens is 699 g/mol. The van der Waals surface area contributed by atoms with Crippen LogP contribution in [-0.2, 0) is 19.0 Å². The van der Waals surface area contributed by atoms with Crippen LogP contribution in [0.2, 0.25) is 0 Å². The van der Waals surface area contributed by atoms with Gasteiger partial charge in [-0.15, -0.1) is 0 Å². The summed E-state index contributed by atoms with van der Waals surface area (Å²) in [5.41, 5.74) is 5.45. The first-order valence-corrected chi connectivity index (χ1v) is 19.6. The average molecular weight is 748 g/mol. The van der Waals surface area contributed by atoms with E-state index < -0.39 is 17.7 Å². The lowest BCUT2D eigenvalue weighted by Gasteiger charge is -2.35. The Balaban J connectivity index is 0.867. The fourth-order valence-electron chi connectivity index (χ4n) is 9.06. The van der Waals surface area contributed by atoms with Gasteiger partial charge in [-0.05, 0) is 99.3 Å². The monoisotopic (exact) mass is 747 g/mol. The highest BCUT2D eigenvalue weighted by Crippen LogP contribution is 2.54. The molecule has 2 aliphatic carbocycles. The van der Waals surface area contributed by atoms with Crippen LogP contribution in [-0.4, -0.2) is 91.9 Å². The number of likely N-dealkylation sites (tertiary alicyclic amines) is 2. The number of carbonyl (C=O) groups is 3. The fourth-order valence-corrected chi connectivity index (χ4v) is 9.06. The number of amides is 3. The van der Waals surface area contributed by atoms with Crippen molar-refractivity contribution in [2.75, 3.05) is 20.3 Å². The Hall–Kier alpha value is -5.17. The van der Waals surface area contributed by atoms with Crippen LogP contribution >= 0.6 is 0 Å². The Morgan fingerprint density at radius 2 is 1.25 bits per heavy atom. The molecule has 5 heterocycles. The number of fused-ring (bicyclic) bond motifs is 2. The number of ether oxygens (including phenoxy) is 3. The Morgan fingerprint density at radius 3 is 1.76 bits per heavy atom. The molecule has 9 rings (SSSR count).